The molecule has 1 atom stereocenters. The summed E-state index contributed by atoms with van der Waals surface area (Å²) < 4.78 is 0. The molecule has 1 aromatic carbocycles. The quantitative estimate of drug-likeness (QED) is 0.705. The van der Waals surface area contributed by atoms with Crippen molar-refractivity contribution in [1.29, 1.82) is 0 Å². The van der Waals surface area contributed by atoms with Crippen LogP contribution >= 0.6 is 0 Å². The maximum atomic E-state index is 11.7. The molecule has 1 aromatic rings. The zero-order valence-electron chi connectivity index (χ0n) is 9.29. The van der Waals surface area contributed by atoms with Crippen LogP contribution in [0.4, 0.5) is 5.69 Å². The van der Waals surface area contributed by atoms with Crippen molar-refractivity contribution in [2.75, 3.05) is 18.4 Å². The van der Waals surface area contributed by atoms with Gasteiger partial charge in [-0.1, -0.05) is 0 Å². The van der Waals surface area contributed by atoms with E-state index in [1.54, 1.807) is 13.0 Å². The molecule has 1 aliphatic heterocycles. The molecule has 16 heavy (non-hydrogen) atoms. The minimum Gasteiger partial charge on any atom is -0.392 e. The van der Waals surface area contributed by atoms with Gasteiger partial charge >= 0.3 is 0 Å². The van der Waals surface area contributed by atoms with Crippen LogP contribution in [0.15, 0.2) is 18.2 Å². The molecule has 0 aliphatic carbocycles. The van der Waals surface area contributed by atoms with E-state index in [1.807, 2.05) is 12.1 Å². The lowest BCUT2D eigenvalue weighted by atomic mass is 10.1. The molecule has 0 spiro atoms. The number of nitrogens with one attached hydrogen (secondary N) is 2. The first-order valence-corrected chi connectivity index (χ1v) is 5.50. The Morgan fingerprint density at radius 3 is 3.19 bits per heavy atom. The Bertz CT molecular complexity index is 402. The SMILES string of the molecule is C[C@@H](O)CNC(=O)c1ccc2c(c1)CCN2. The molecule has 0 aromatic heterocycles. The van der Waals surface area contributed by atoms with Crippen LogP contribution in [0.3, 0.4) is 0 Å². The average molecular weight is 220 g/mol. The van der Waals surface area contributed by atoms with E-state index >= 15 is 0 Å². The van der Waals surface area contributed by atoms with Crippen molar-refractivity contribution in [3.05, 3.63) is 29.3 Å². The van der Waals surface area contributed by atoms with Gasteiger partial charge in [0.1, 0.15) is 0 Å². The van der Waals surface area contributed by atoms with Crippen LogP contribution < -0.4 is 10.6 Å². The molecule has 3 N–H and O–H groups in total. The Hall–Kier alpha value is -1.55. The number of hydrogen-bond acceptors (Lipinski definition) is 3. The molecular weight excluding hydrogens is 204 g/mol. The van der Waals surface area contributed by atoms with E-state index in [0.717, 1.165) is 18.7 Å². The predicted octanol–water partition coefficient (Wildman–Crippen LogP) is 0.765. The highest BCUT2D eigenvalue weighted by molar-refractivity contribution is 5.95. The maximum absolute atomic E-state index is 11.7. The summed E-state index contributed by atoms with van der Waals surface area (Å²) in [6.07, 6.45) is 0.451. The van der Waals surface area contributed by atoms with Gasteiger partial charge in [-0.25, -0.2) is 0 Å². The van der Waals surface area contributed by atoms with Crippen molar-refractivity contribution in [3.8, 4) is 0 Å². The van der Waals surface area contributed by atoms with Gasteiger partial charge in [0.05, 0.1) is 6.10 Å². The number of benzene rings is 1. The molecule has 1 amide bonds. The van der Waals surface area contributed by atoms with Crippen LogP contribution in [0.5, 0.6) is 0 Å². The lowest BCUT2D eigenvalue weighted by Crippen LogP contribution is -2.30. The number of hydrogen-bond donors (Lipinski definition) is 3. The van der Waals surface area contributed by atoms with Crippen molar-refractivity contribution in [2.24, 2.45) is 0 Å². The third-order valence-corrected chi connectivity index (χ3v) is 2.64. The van der Waals surface area contributed by atoms with Gasteiger partial charge in [-0.3, -0.25) is 4.79 Å². The summed E-state index contributed by atoms with van der Waals surface area (Å²) in [4.78, 5) is 11.7. The number of rotatable bonds is 3. The van der Waals surface area contributed by atoms with Crippen molar-refractivity contribution in [2.45, 2.75) is 19.4 Å². The summed E-state index contributed by atoms with van der Waals surface area (Å²) in [6, 6.07) is 5.64. The number of fused-ring (bicyclic) bond motifs is 1. The van der Waals surface area contributed by atoms with E-state index in [4.69, 9.17) is 5.11 Å². The highest BCUT2D eigenvalue weighted by atomic mass is 16.3. The first-order valence-electron chi connectivity index (χ1n) is 5.50. The van der Waals surface area contributed by atoms with Crippen LogP contribution in [0.2, 0.25) is 0 Å². The second-order valence-corrected chi connectivity index (χ2v) is 4.11. The van der Waals surface area contributed by atoms with Gasteiger partial charge in [0.15, 0.2) is 0 Å². The highest BCUT2D eigenvalue weighted by Gasteiger charge is 2.13. The third kappa shape index (κ3) is 2.33. The number of aliphatic hydroxyl groups excluding tert-OH is 1. The first-order chi connectivity index (χ1) is 7.66. The summed E-state index contributed by atoms with van der Waals surface area (Å²) in [5, 5.41) is 15.0. The second-order valence-electron chi connectivity index (χ2n) is 4.11. The molecule has 1 aliphatic rings. The van der Waals surface area contributed by atoms with E-state index in [-0.39, 0.29) is 12.5 Å². The molecule has 86 valence electrons. The average Bonchev–Trinajstić information content (AvgIpc) is 2.72. The number of anilines is 1. The first kappa shape index (κ1) is 11.0. The van der Waals surface area contributed by atoms with Crippen molar-refractivity contribution < 1.29 is 9.90 Å². The van der Waals surface area contributed by atoms with Crippen LogP contribution in [-0.4, -0.2) is 30.2 Å². The smallest absolute Gasteiger partial charge is 0.251 e. The van der Waals surface area contributed by atoms with Gasteiger partial charge in [-0.2, -0.15) is 0 Å². The molecular formula is C12H16N2O2. The van der Waals surface area contributed by atoms with Gasteiger partial charge in [0, 0.05) is 24.3 Å². The summed E-state index contributed by atoms with van der Waals surface area (Å²) in [5.74, 6) is -0.129. The molecule has 0 radical (unpaired) electrons. The second kappa shape index (κ2) is 4.53. The normalized spacial score (nSPS) is 15.1. The molecule has 2 rings (SSSR count). The van der Waals surface area contributed by atoms with Crippen LogP contribution in [0.1, 0.15) is 22.8 Å². The Labute approximate surface area is 94.7 Å². The number of carbonyl (C=O) groups excluding carboxylic acids is 1. The Kier molecular flexibility index (Phi) is 3.10. The summed E-state index contributed by atoms with van der Waals surface area (Å²) in [5.41, 5.74) is 2.96. The van der Waals surface area contributed by atoms with E-state index in [1.165, 1.54) is 5.56 Å². The molecule has 0 unspecified atom stereocenters. The molecule has 0 bridgehead atoms. The minimum atomic E-state index is -0.514. The summed E-state index contributed by atoms with van der Waals surface area (Å²) in [7, 11) is 0. The Balaban J connectivity index is 2.06. The molecule has 4 nitrogen and oxygen atoms in total. The number of amides is 1. The maximum Gasteiger partial charge on any atom is 0.251 e. The third-order valence-electron chi connectivity index (χ3n) is 2.64. The monoisotopic (exact) mass is 220 g/mol. The summed E-state index contributed by atoms with van der Waals surface area (Å²) in [6.45, 7) is 2.87. The molecule has 0 saturated carbocycles. The topological polar surface area (TPSA) is 61.4 Å². The fourth-order valence-electron chi connectivity index (χ4n) is 1.79. The van der Waals surface area contributed by atoms with Crippen LogP contribution in [-0.2, 0) is 6.42 Å². The fourth-order valence-corrected chi connectivity index (χ4v) is 1.79. The van der Waals surface area contributed by atoms with E-state index in [2.05, 4.69) is 10.6 Å². The zero-order valence-corrected chi connectivity index (χ0v) is 9.29. The van der Waals surface area contributed by atoms with E-state index in [0.29, 0.717) is 5.56 Å². The predicted molar refractivity (Wildman–Crippen MR) is 62.6 cm³/mol. The fraction of sp³-hybridized carbons (Fsp3) is 0.417. The molecule has 0 saturated heterocycles. The van der Waals surface area contributed by atoms with Crippen LogP contribution in [0, 0.1) is 0 Å². The Morgan fingerprint density at radius 2 is 2.44 bits per heavy atom. The molecule has 1 heterocycles. The van der Waals surface area contributed by atoms with Gasteiger partial charge in [-0.15, -0.1) is 0 Å². The van der Waals surface area contributed by atoms with E-state index < -0.39 is 6.10 Å². The van der Waals surface area contributed by atoms with Crippen molar-refractivity contribution in [1.82, 2.24) is 5.32 Å². The molecule has 4 heteroatoms. The van der Waals surface area contributed by atoms with Gasteiger partial charge in [0.25, 0.3) is 5.91 Å². The van der Waals surface area contributed by atoms with Crippen molar-refractivity contribution >= 4 is 11.6 Å². The largest absolute Gasteiger partial charge is 0.392 e. The van der Waals surface area contributed by atoms with Gasteiger partial charge in [0.2, 0.25) is 0 Å². The Morgan fingerprint density at radius 1 is 1.62 bits per heavy atom. The lowest BCUT2D eigenvalue weighted by Gasteiger charge is -2.08. The standard InChI is InChI=1S/C12H16N2O2/c1-8(15)7-14-12(16)10-2-3-11-9(6-10)4-5-13-11/h2-3,6,8,13,15H,4-5,7H2,1H3,(H,14,16)/t8-/m1/s1. The molecule has 0 fully saturated rings. The highest BCUT2D eigenvalue weighted by Crippen LogP contribution is 2.22. The number of carbonyl (C=O) groups is 1. The van der Waals surface area contributed by atoms with Gasteiger partial charge in [-0.05, 0) is 37.1 Å². The van der Waals surface area contributed by atoms with E-state index in [9.17, 15) is 4.79 Å². The summed E-state index contributed by atoms with van der Waals surface area (Å²) >= 11 is 0. The minimum absolute atomic E-state index is 0.129. The zero-order chi connectivity index (χ0) is 11.5. The van der Waals surface area contributed by atoms with Gasteiger partial charge < -0.3 is 15.7 Å². The lowest BCUT2D eigenvalue weighted by molar-refractivity contribution is 0.0924. The van der Waals surface area contributed by atoms with Crippen molar-refractivity contribution in [3.63, 3.8) is 0 Å². The van der Waals surface area contributed by atoms with Crippen LogP contribution in [0.25, 0.3) is 0 Å². The number of aliphatic hydroxyl groups is 1.